The maximum absolute atomic E-state index is 12.8. The molecule has 0 radical (unpaired) electrons. The van der Waals surface area contributed by atoms with Crippen LogP contribution in [0, 0.1) is 13.8 Å². The molecule has 0 aliphatic heterocycles. The first-order valence-electron chi connectivity index (χ1n) is 11.4. The number of hydrogen-bond donors (Lipinski definition) is 1. The highest BCUT2D eigenvalue weighted by Gasteiger charge is 2.16. The molecule has 1 atom stereocenters. The van der Waals surface area contributed by atoms with Crippen molar-refractivity contribution in [2.75, 3.05) is 7.11 Å². The zero-order chi connectivity index (χ0) is 24.9. The highest BCUT2D eigenvalue weighted by atomic mass is 16.5. The fraction of sp³-hybridized carbons (Fsp3) is 0.269. The molecule has 2 aromatic carbocycles. The number of hydrogen-bond acceptors (Lipinski definition) is 6. The second kappa shape index (κ2) is 10.3. The standard InChI is InChI=1S/C26H28N6O3/c1-17(20-5-9-22(10-6-20)31-16-27-15-28-31)29-26(34)21-7-11-23(12-8-21)32-19(3)24(18(2)30-32)13-14-25(33)35-4/h5-12,15-17H,13-14H2,1-4H3,(H,29,34). The van der Waals surface area contributed by atoms with Gasteiger partial charge in [-0.2, -0.15) is 10.2 Å². The lowest BCUT2D eigenvalue weighted by Gasteiger charge is -2.15. The van der Waals surface area contributed by atoms with E-state index in [9.17, 15) is 9.59 Å². The average Bonchev–Trinajstić information content (AvgIpc) is 3.51. The topological polar surface area (TPSA) is 104 Å². The van der Waals surface area contributed by atoms with Gasteiger partial charge in [-0.15, -0.1) is 0 Å². The summed E-state index contributed by atoms with van der Waals surface area (Å²) in [4.78, 5) is 28.3. The summed E-state index contributed by atoms with van der Waals surface area (Å²) < 4.78 is 8.26. The minimum Gasteiger partial charge on any atom is -0.469 e. The van der Waals surface area contributed by atoms with E-state index in [-0.39, 0.29) is 17.9 Å². The zero-order valence-corrected chi connectivity index (χ0v) is 20.2. The van der Waals surface area contributed by atoms with Crippen LogP contribution >= 0.6 is 0 Å². The van der Waals surface area contributed by atoms with Crippen molar-refractivity contribution in [3.8, 4) is 11.4 Å². The van der Waals surface area contributed by atoms with Crippen molar-refractivity contribution >= 4 is 11.9 Å². The van der Waals surface area contributed by atoms with Crippen molar-refractivity contribution in [2.24, 2.45) is 0 Å². The molecular weight excluding hydrogens is 444 g/mol. The van der Waals surface area contributed by atoms with Gasteiger partial charge >= 0.3 is 5.97 Å². The number of carbonyl (C=O) groups excluding carboxylic acids is 2. The Kier molecular flexibility index (Phi) is 7.05. The number of aromatic nitrogens is 5. The van der Waals surface area contributed by atoms with E-state index in [0.717, 1.165) is 33.9 Å². The SMILES string of the molecule is COC(=O)CCc1c(C)nn(-c2ccc(C(=O)NC(C)c3ccc(-n4cncn4)cc3)cc2)c1C. The van der Waals surface area contributed by atoms with E-state index in [4.69, 9.17) is 4.74 Å². The molecular formula is C26H28N6O3. The quantitative estimate of drug-likeness (QED) is 0.393. The Labute approximate surface area is 203 Å². The van der Waals surface area contributed by atoms with Crippen LogP contribution in [0.3, 0.4) is 0 Å². The highest BCUT2D eigenvalue weighted by molar-refractivity contribution is 5.94. The lowest BCUT2D eigenvalue weighted by molar-refractivity contribution is -0.140. The molecule has 4 aromatic rings. The van der Waals surface area contributed by atoms with Crippen molar-refractivity contribution in [3.05, 3.63) is 89.3 Å². The van der Waals surface area contributed by atoms with E-state index in [2.05, 4.69) is 20.5 Å². The van der Waals surface area contributed by atoms with Gasteiger partial charge in [-0.05, 0) is 74.7 Å². The van der Waals surface area contributed by atoms with E-state index in [0.29, 0.717) is 18.4 Å². The number of methoxy groups -OCH3 is 1. The Morgan fingerprint density at radius 1 is 1.03 bits per heavy atom. The van der Waals surface area contributed by atoms with Crippen molar-refractivity contribution < 1.29 is 14.3 Å². The average molecular weight is 473 g/mol. The predicted molar refractivity (Wildman–Crippen MR) is 131 cm³/mol. The maximum Gasteiger partial charge on any atom is 0.305 e. The van der Waals surface area contributed by atoms with Gasteiger partial charge in [-0.3, -0.25) is 9.59 Å². The lowest BCUT2D eigenvalue weighted by Crippen LogP contribution is -2.26. The first-order valence-corrected chi connectivity index (χ1v) is 11.4. The predicted octanol–water partition coefficient (Wildman–Crippen LogP) is 3.67. The van der Waals surface area contributed by atoms with E-state index < -0.39 is 0 Å². The maximum atomic E-state index is 12.8. The van der Waals surface area contributed by atoms with E-state index in [1.807, 2.05) is 61.9 Å². The number of aryl methyl sites for hydroxylation is 1. The van der Waals surface area contributed by atoms with Gasteiger partial charge in [-0.25, -0.2) is 14.3 Å². The summed E-state index contributed by atoms with van der Waals surface area (Å²) in [5.74, 6) is -0.399. The number of rotatable bonds is 8. The smallest absolute Gasteiger partial charge is 0.305 e. The van der Waals surface area contributed by atoms with Crippen molar-refractivity contribution in [3.63, 3.8) is 0 Å². The molecule has 0 saturated carbocycles. The third-order valence-corrected chi connectivity index (χ3v) is 6.05. The molecule has 9 nitrogen and oxygen atoms in total. The van der Waals surface area contributed by atoms with Gasteiger partial charge in [0.15, 0.2) is 0 Å². The molecule has 35 heavy (non-hydrogen) atoms. The van der Waals surface area contributed by atoms with Crippen molar-refractivity contribution in [2.45, 2.75) is 39.7 Å². The van der Waals surface area contributed by atoms with Gasteiger partial charge < -0.3 is 10.1 Å². The molecule has 1 N–H and O–H groups in total. The van der Waals surface area contributed by atoms with Gasteiger partial charge in [0.05, 0.1) is 30.2 Å². The van der Waals surface area contributed by atoms with Crippen LogP contribution in [0.15, 0.2) is 61.2 Å². The summed E-state index contributed by atoms with van der Waals surface area (Å²) in [5.41, 5.74) is 6.17. The second-order valence-corrected chi connectivity index (χ2v) is 8.31. The van der Waals surface area contributed by atoms with Gasteiger partial charge in [0.25, 0.3) is 5.91 Å². The molecule has 1 unspecified atom stereocenters. The van der Waals surface area contributed by atoms with E-state index in [1.54, 1.807) is 23.1 Å². The molecule has 9 heteroatoms. The molecule has 0 saturated heterocycles. The molecule has 0 spiro atoms. The number of nitrogens with zero attached hydrogens (tertiary/aromatic N) is 5. The largest absolute Gasteiger partial charge is 0.469 e. The third kappa shape index (κ3) is 5.29. The van der Waals surface area contributed by atoms with Gasteiger partial charge in [0, 0.05) is 17.7 Å². The summed E-state index contributed by atoms with van der Waals surface area (Å²) in [6.45, 7) is 5.85. The van der Waals surface area contributed by atoms with Crippen LogP contribution in [0.4, 0.5) is 0 Å². The second-order valence-electron chi connectivity index (χ2n) is 8.31. The molecule has 2 heterocycles. The van der Waals surface area contributed by atoms with Crippen molar-refractivity contribution in [1.29, 1.82) is 0 Å². The van der Waals surface area contributed by atoms with Crippen LogP contribution < -0.4 is 5.32 Å². The summed E-state index contributed by atoms with van der Waals surface area (Å²) in [6, 6.07) is 15.0. The molecule has 0 bridgehead atoms. The molecule has 2 aromatic heterocycles. The van der Waals surface area contributed by atoms with E-state index >= 15 is 0 Å². The molecule has 0 fully saturated rings. The van der Waals surface area contributed by atoms with Crippen LogP contribution in [0.2, 0.25) is 0 Å². The van der Waals surface area contributed by atoms with Crippen LogP contribution in [-0.2, 0) is 16.0 Å². The van der Waals surface area contributed by atoms with E-state index in [1.165, 1.54) is 13.4 Å². The number of esters is 1. The first kappa shape index (κ1) is 23.9. The Morgan fingerprint density at radius 2 is 1.71 bits per heavy atom. The minimum absolute atomic E-state index is 0.156. The molecule has 0 aliphatic carbocycles. The third-order valence-electron chi connectivity index (χ3n) is 6.05. The molecule has 1 amide bonds. The number of nitrogens with one attached hydrogen (secondary N) is 1. The number of carbonyl (C=O) groups is 2. The Hall–Kier alpha value is -4.27. The van der Waals surface area contributed by atoms with Gasteiger partial charge in [-0.1, -0.05) is 12.1 Å². The summed E-state index contributed by atoms with van der Waals surface area (Å²) in [6.07, 6.45) is 4.01. The van der Waals surface area contributed by atoms with Crippen molar-refractivity contribution in [1.82, 2.24) is 29.9 Å². The Balaban J connectivity index is 1.42. The number of benzene rings is 2. The fourth-order valence-electron chi connectivity index (χ4n) is 3.99. The molecule has 180 valence electrons. The molecule has 4 rings (SSSR count). The monoisotopic (exact) mass is 472 g/mol. The first-order chi connectivity index (χ1) is 16.9. The summed E-state index contributed by atoms with van der Waals surface area (Å²) in [7, 11) is 1.39. The molecule has 0 aliphatic rings. The van der Waals surface area contributed by atoms with Gasteiger partial charge in [0.2, 0.25) is 0 Å². The minimum atomic E-state index is -0.243. The summed E-state index contributed by atoms with van der Waals surface area (Å²) in [5, 5.41) is 11.8. The fourth-order valence-corrected chi connectivity index (χ4v) is 3.99. The zero-order valence-electron chi connectivity index (χ0n) is 20.2. The number of amides is 1. The highest BCUT2D eigenvalue weighted by Crippen LogP contribution is 2.21. The normalized spacial score (nSPS) is 11.8. The van der Waals surface area contributed by atoms with Crippen LogP contribution in [0.1, 0.15) is 52.3 Å². The summed E-state index contributed by atoms with van der Waals surface area (Å²) >= 11 is 0. The Morgan fingerprint density at radius 3 is 2.34 bits per heavy atom. The Bertz CT molecular complexity index is 1310. The number of ether oxygens (including phenoxy) is 1. The lowest BCUT2D eigenvalue weighted by atomic mass is 10.1. The van der Waals surface area contributed by atoms with Crippen LogP contribution in [0.25, 0.3) is 11.4 Å². The van der Waals surface area contributed by atoms with Crippen LogP contribution in [0.5, 0.6) is 0 Å². The van der Waals surface area contributed by atoms with Crippen LogP contribution in [-0.4, -0.2) is 43.5 Å². The van der Waals surface area contributed by atoms with Gasteiger partial charge in [0.1, 0.15) is 12.7 Å².